The number of aliphatic imine (C=N–C) groups is 1. The van der Waals surface area contributed by atoms with Crippen LogP contribution in [-0.2, 0) is 13.6 Å². The van der Waals surface area contributed by atoms with Crippen molar-refractivity contribution in [1.29, 1.82) is 0 Å². The molecule has 0 spiro atoms. The lowest BCUT2D eigenvalue weighted by molar-refractivity contribution is 0.232. The van der Waals surface area contributed by atoms with Crippen LogP contribution in [0.3, 0.4) is 0 Å². The zero-order chi connectivity index (χ0) is 15.2. The Kier molecular flexibility index (Phi) is 8.08. The molecule has 8 heteroatoms. The molecule has 1 unspecified atom stereocenters. The summed E-state index contributed by atoms with van der Waals surface area (Å²) in [5, 5.41) is 7.43. The summed E-state index contributed by atoms with van der Waals surface area (Å²) in [6.45, 7) is 6.23. The lowest BCUT2D eigenvalue weighted by Crippen LogP contribution is -2.45. The Labute approximate surface area is 150 Å². The van der Waals surface area contributed by atoms with Crippen LogP contribution in [0.5, 0.6) is 0 Å². The maximum absolute atomic E-state index is 4.37. The third-order valence-corrected chi connectivity index (χ3v) is 4.17. The molecule has 0 radical (unpaired) electrons. The molecule has 0 aromatic carbocycles. The Morgan fingerprint density at radius 3 is 2.91 bits per heavy atom. The zero-order valence-corrected chi connectivity index (χ0v) is 16.3. The molecule has 1 atom stereocenters. The number of hydrogen-bond acceptors (Lipinski definition) is 4. The van der Waals surface area contributed by atoms with Gasteiger partial charge in [-0.05, 0) is 25.9 Å². The predicted molar refractivity (Wildman–Crippen MR) is 99.5 cm³/mol. The first-order chi connectivity index (χ1) is 10.2. The summed E-state index contributed by atoms with van der Waals surface area (Å²) < 4.78 is 1.77. The third kappa shape index (κ3) is 4.80. The van der Waals surface area contributed by atoms with E-state index in [0.29, 0.717) is 12.6 Å². The molecule has 2 heterocycles. The standard InChI is InChI=1S/C14H27N7.HI/c1-5-21-8-6-7-12(21)10-19(3)14(15-2)16-9-13-17-11-18-20(13)4;/h11-12H,5-10H2,1-4H3,(H,15,16);1H. The van der Waals surface area contributed by atoms with E-state index in [1.807, 2.05) is 14.1 Å². The molecule has 1 fully saturated rings. The average Bonchev–Trinajstić information content (AvgIpc) is 3.08. The van der Waals surface area contributed by atoms with Gasteiger partial charge in [0.15, 0.2) is 5.96 Å². The fraction of sp³-hybridized carbons (Fsp3) is 0.786. The summed E-state index contributed by atoms with van der Waals surface area (Å²) >= 11 is 0. The van der Waals surface area contributed by atoms with Crippen LogP contribution in [0.1, 0.15) is 25.6 Å². The van der Waals surface area contributed by atoms with Gasteiger partial charge in [-0.15, -0.1) is 24.0 Å². The number of halogens is 1. The van der Waals surface area contributed by atoms with Crippen molar-refractivity contribution in [3.63, 3.8) is 0 Å². The molecule has 0 bridgehead atoms. The van der Waals surface area contributed by atoms with Crippen molar-refractivity contribution in [3.05, 3.63) is 12.2 Å². The van der Waals surface area contributed by atoms with E-state index in [4.69, 9.17) is 0 Å². The molecule has 1 aliphatic rings. The van der Waals surface area contributed by atoms with Gasteiger partial charge in [-0.1, -0.05) is 6.92 Å². The highest BCUT2D eigenvalue weighted by Crippen LogP contribution is 2.17. The van der Waals surface area contributed by atoms with Crippen molar-refractivity contribution in [2.45, 2.75) is 32.4 Å². The molecule has 1 saturated heterocycles. The van der Waals surface area contributed by atoms with Gasteiger partial charge in [0.2, 0.25) is 0 Å². The number of likely N-dealkylation sites (tertiary alicyclic amines) is 1. The predicted octanol–water partition coefficient (Wildman–Crippen LogP) is 0.925. The number of likely N-dealkylation sites (N-methyl/N-ethyl adjacent to an activating group) is 2. The first kappa shape index (κ1) is 19.1. The number of nitrogens with zero attached hydrogens (tertiary/aromatic N) is 6. The van der Waals surface area contributed by atoms with E-state index in [-0.39, 0.29) is 24.0 Å². The number of aromatic nitrogens is 3. The van der Waals surface area contributed by atoms with Crippen LogP contribution in [0.15, 0.2) is 11.3 Å². The fourth-order valence-corrected chi connectivity index (χ4v) is 2.94. The monoisotopic (exact) mass is 421 g/mol. The highest BCUT2D eigenvalue weighted by molar-refractivity contribution is 14.0. The minimum atomic E-state index is 0. The van der Waals surface area contributed by atoms with Gasteiger partial charge in [0.25, 0.3) is 0 Å². The van der Waals surface area contributed by atoms with Crippen molar-refractivity contribution in [2.75, 3.05) is 33.7 Å². The van der Waals surface area contributed by atoms with Gasteiger partial charge < -0.3 is 10.2 Å². The molecule has 2 rings (SSSR count). The van der Waals surface area contributed by atoms with Gasteiger partial charge in [-0.2, -0.15) is 5.10 Å². The van der Waals surface area contributed by atoms with Crippen LogP contribution < -0.4 is 5.32 Å². The Hall–Kier alpha value is -0.900. The molecule has 1 N–H and O–H groups in total. The van der Waals surface area contributed by atoms with E-state index < -0.39 is 0 Å². The molecule has 22 heavy (non-hydrogen) atoms. The van der Waals surface area contributed by atoms with Crippen molar-refractivity contribution >= 4 is 29.9 Å². The number of rotatable bonds is 5. The average molecular weight is 421 g/mol. The molecule has 0 aliphatic carbocycles. The maximum Gasteiger partial charge on any atom is 0.193 e. The minimum Gasteiger partial charge on any atom is -0.349 e. The first-order valence-corrected chi connectivity index (χ1v) is 7.64. The molecule has 126 valence electrons. The van der Waals surface area contributed by atoms with Gasteiger partial charge in [0.05, 0.1) is 6.54 Å². The zero-order valence-electron chi connectivity index (χ0n) is 14.0. The normalized spacial score (nSPS) is 19.1. The third-order valence-electron chi connectivity index (χ3n) is 4.17. The molecule has 0 saturated carbocycles. The second kappa shape index (κ2) is 9.29. The van der Waals surface area contributed by atoms with Gasteiger partial charge in [0, 0.05) is 33.7 Å². The van der Waals surface area contributed by atoms with Gasteiger partial charge in [0.1, 0.15) is 12.2 Å². The lowest BCUT2D eigenvalue weighted by atomic mass is 10.2. The van der Waals surface area contributed by atoms with E-state index in [2.05, 4.69) is 44.2 Å². The van der Waals surface area contributed by atoms with Crippen molar-refractivity contribution in [1.82, 2.24) is 29.9 Å². The fourth-order valence-electron chi connectivity index (χ4n) is 2.94. The SMILES string of the molecule is CCN1CCCC1CN(C)C(=NC)NCc1ncnn1C.I. The van der Waals surface area contributed by atoms with Crippen molar-refractivity contribution in [3.8, 4) is 0 Å². The van der Waals surface area contributed by atoms with Crippen LogP contribution in [0, 0.1) is 0 Å². The molecule has 7 nitrogen and oxygen atoms in total. The molecule has 1 aliphatic heterocycles. The molecule has 1 aromatic rings. The van der Waals surface area contributed by atoms with Crippen LogP contribution >= 0.6 is 24.0 Å². The topological polar surface area (TPSA) is 61.6 Å². The molecule has 0 amide bonds. The number of aryl methyl sites for hydroxylation is 1. The Morgan fingerprint density at radius 2 is 2.32 bits per heavy atom. The van der Waals surface area contributed by atoms with E-state index in [0.717, 1.165) is 24.9 Å². The highest BCUT2D eigenvalue weighted by Gasteiger charge is 2.24. The molecule has 1 aromatic heterocycles. The molecular weight excluding hydrogens is 393 g/mol. The Balaban J connectivity index is 0.00000242. The van der Waals surface area contributed by atoms with Crippen molar-refractivity contribution < 1.29 is 0 Å². The number of hydrogen-bond donors (Lipinski definition) is 1. The van der Waals surface area contributed by atoms with Gasteiger partial charge in [-0.3, -0.25) is 14.6 Å². The number of nitrogens with one attached hydrogen (secondary N) is 1. The van der Waals surface area contributed by atoms with Crippen LogP contribution in [0.25, 0.3) is 0 Å². The van der Waals surface area contributed by atoms with Crippen molar-refractivity contribution in [2.24, 2.45) is 12.0 Å². The summed E-state index contributed by atoms with van der Waals surface area (Å²) in [6.07, 6.45) is 4.15. The van der Waals surface area contributed by atoms with Crippen LogP contribution in [0.2, 0.25) is 0 Å². The summed E-state index contributed by atoms with van der Waals surface area (Å²) in [7, 11) is 5.81. The van der Waals surface area contributed by atoms with Gasteiger partial charge >= 0.3 is 0 Å². The summed E-state index contributed by atoms with van der Waals surface area (Å²) in [6, 6.07) is 0.633. The van der Waals surface area contributed by atoms with E-state index >= 15 is 0 Å². The summed E-state index contributed by atoms with van der Waals surface area (Å²) in [4.78, 5) is 13.3. The quantitative estimate of drug-likeness (QED) is 0.436. The first-order valence-electron chi connectivity index (χ1n) is 7.64. The van der Waals surface area contributed by atoms with E-state index in [9.17, 15) is 0 Å². The summed E-state index contributed by atoms with van der Waals surface area (Å²) in [5.74, 6) is 1.81. The number of guanidine groups is 1. The van der Waals surface area contributed by atoms with E-state index in [1.165, 1.54) is 19.4 Å². The minimum absolute atomic E-state index is 0. The van der Waals surface area contributed by atoms with Gasteiger partial charge in [-0.25, -0.2) is 4.98 Å². The molecular formula is C14H28IN7. The Bertz CT molecular complexity index is 474. The second-order valence-corrected chi connectivity index (χ2v) is 5.51. The Morgan fingerprint density at radius 1 is 1.55 bits per heavy atom. The largest absolute Gasteiger partial charge is 0.349 e. The lowest BCUT2D eigenvalue weighted by Gasteiger charge is -2.29. The van der Waals surface area contributed by atoms with Crippen LogP contribution in [-0.4, -0.2) is 70.3 Å². The second-order valence-electron chi connectivity index (χ2n) is 5.51. The highest BCUT2D eigenvalue weighted by atomic mass is 127. The summed E-state index contributed by atoms with van der Waals surface area (Å²) in [5.41, 5.74) is 0. The van der Waals surface area contributed by atoms with E-state index in [1.54, 1.807) is 11.0 Å². The maximum atomic E-state index is 4.37. The van der Waals surface area contributed by atoms with Crippen LogP contribution in [0.4, 0.5) is 0 Å². The smallest absolute Gasteiger partial charge is 0.193 e.